The van der Waals surface area contributed by atoms with Gasteiger partial charge in [0.2, 0.25) is 0 Å². The lowest BCUT2D eigenvalue weighted by atomic mass is 10.3. The van der Waals surface area contributed by atoms with Gasteiger partial charge in [0.1, 0.15) is 0 Å². The summed E-state index contributed by atoms with van der Waals surface area (Å²) in [5, 5.41) is 0. The van der Waals surface area contributed by atoms with E-state index in [4.69, 9.17) is 5.73 Å². The molecule has 1 aromatic carbocycles. The third-order valence-electron chi connectivity index (χ3n) is 1.21. The lowest BCUT2D eigenvalue weighted by Crippen LogP contribution is -1.87. The summed E-state index contributed by atoms with van der Waals surface area (Å²) in [7, 11) is 0. The van der Waals surface area contributed by atoms with Crippen molar-refractivity contribution in [2.45, 2.75) is 4.90 Å². The van der Waals surface area contributed by atoms with Crippen LogP contribution in [0.25, 0.3) is 0 Å². The van der Waals surface area contributed by atoms with Gasteiger partial charge in [0.05, 0.1) is 0 Å². The van der Waals surface area contributed by atoms with Crippen molar-refractivity contribution < 1.29 is 0 Å². The molecule has 0 unspecified atom stereocenters. The van der Waals surface area contributed by atoms with E-state index in [2.05, 4.69) is 34.9 Å². The van der Waals surface area contributed by atoms with Gasteiger partial charge in [-0.05, 0) is 47.0 Å². The summed E-state index contributed by atoms with van der Waals surface area (Å²) in [5.74, 6) is 0. The summed E-state index contributed by atoms with van der Waals surface area (Å²) in [6, 6.07) is 6.05. The van der Waals surface area contributed by atoms with Crippen LogP contribution in [0.2, 0.25) is 0 Å². The third-order valence-corrected chi connectivity index (χ3v) is 2.87. The van der Waals surface area contributed by atoms with Gasteiger partial charge in [-0.25, -0.2) is 0 Å². The van der Waals surface area contributed by atoms with Crippen LogP contribution in [0.4, 0.5) is 5.69 Å². The zero-order valence-corrected chi connectivity index (χ0v) is 8.57. The molecule has 1 aromatic rings. The molecule has 1 rings (SSSR count). The van der Waals surface area contributed by atoms with Crippen LogP contribution in [0.15, 0.2) is 23.1 Å². The molecule has 0 radical (unpaired) electrons. The Morgan fingerprint density at radius 2 is 2.20 bits per heavy atom. The van der Waals surface area contributed by atoms with Gasteiger partial charge in [-0.15, -0.1) is 11.8 Å². The van der Waals surface area contributed by atoms with Gasteiger partial charge < -0.3 is 5.73 Å². The summed E-state index contributed by atoms with van der Waals surface area (Å²) in [6.45, 7) is 0. The van der Waals surface area contributed by atoms with E-state index in [0.29, 0.717) is 0 Å². The fourth-order valence-corrected chi connectivity index (χ4v) is 1.80. The predicted octanol–water partition coefficient (Wildman–Crippen LogP) is 2.60. The van der Waals surface area contributed by atoms with Gasteiger partial charge in [-0.3, -0.25) is 0 Å². The quantitative estimate of drug-likeness (QED) is 0.480. The maximum absolute atomic E-state index is 5.63. The first-order valence-electron chi connectivity index (χ1n) is 2.83. The molecule has 0 atom stereocenters. The predicted molar refractivity (Wildman–Crippen MR) is 55.4 cm³/mol. The van der Waals surface area contributed by atoms with E-state index >= 15 is 0 Å². The second-order valence-electron chi connectivity index (χ2n) is 1.89. The van der Waals surface area contributed by atoms with E-state index in [9.17, 15) is 0 Å². The van der Waals surface area contributed by atoms with E-state index in [-0.39, 0.29) is 0 Å². The molecule has 0 aromatic heterocycles. The fraction of sp³-hybridized carbons (Fsp3) is 0.143. The zero-order valence-electron chi connectivity index (χ0n) is 5.60. The van der Waals surface area contributed by atoms with Gasteiger partial charge in [-0.1, -0.05) is 0 Å². The third kappa shape index (κ3) is 1.79. The van der Waals surface area contributed by atoms with Crippen molar-refractivity contribution in [2.24, 2.45) is 0 Å². The van der Waals surface area contributed by atoms with Gasteiger partial charge in [-0.2, -0.15) is 0 Å². The smallest absolute Gasteiger partial charge is 0.0450 e. The molecule has 1 nitrogen and oxygen atoms in total. The van der Waals surface area contributed by atoms with Crippen molar-refractivity contribution >= 4 is 40.0 Å². The SMILES string of the molecule is CSc1ccc(N)c(I)c1. The van der Waals surface area contributed by atoms with E-state index in [1.54, 1.807) is 11.8 Å². The first-order valence-corrected chi connectivity index (χ1v) is 5.13. The first kappa shape index (κ1) is 8.20. The van der Waals surface area contributed by atoms with Gasteiger partial charge in [0, 0.05) is 14.2 Å². The average molecular weight is 265 g/mol. The molecule has 0 aliphatic heterocycles. The number of hydrogen-bond acceptors (Lipinski definition) is 2. The Morgan fingerprint density at radius 1 is 1.50 bits per heavy atom. The normalized spacial score (nSPS) is 9.80. The molecular formula is C7H8INS. The van der Waals surface area contributed by atoms with Crippen LogP contribution in [-0.2, 0) is 0 Å². The molecule has 0 amide bonds. The number of rotatable bonds is 1. The minimum atomic E-state index is 0.860. The van der Waals surface area contributed by atoms with Crippen molar-refractivity contribution in [1.29, 1.82) is 0 Å². The maximum atomic E-state index is 5.63. The van der Waals surface area contributed by atoms with Crippen LogP contribution in [0.1, 0.15) is 0 Å². The Morgan fingerprint density at radius 3 is 2.70 bits per heavy atom. The average Bonchev–Trinajstić information content (AvgIpc) is 1.95. The summed E-state index contributed by atoms with van der Waals surface area (Å²) < 4.78 is 1.13. The summed E-state index contributed by atoms with van der Waals surface area (Å²) in [5.41, 5.74) is 6.49. The largest absolute Gasteiger partial charge is 0.398 e. The number of thioether (sulfide) groups is 1. The first-order chi connectivity index (χ1) is 4.74. The molecule has 54 valence electrons. The van der Waals surface area contributed by atoms with Gasteiger partial charge in [0.25, 0.3) is 0 Å². The molecule has 0 spiro atoms. The van der Waals surface area contributed by atoms with Crippen molar-refractivity contribution in [3.05, 3.63) is 21.8 Å². The topological polar surface area (TPSA) is 26.0 Å². The highest BCUT2D eigenvalue weighted by molar-refractivity contribution is 14.1. The molecule has 0 heterocycles. The lowest BCUT2D eigenvalue weighted by molar-refractivity contribution is 1.44. The molecular weight excluding hydrogens is 257 g/mol. The minimum absolute atomic E-state index is 0.860. The molecule has 0 saturated heterocycles. The van der Waals surface area contributed by atoms with E-state index in [1.165, 1.54) is 4.90 Å². The minimum Gasteiger partial charge on any atom is -0.398 e. The Balaban J connectivity index is 3.04. The molecule has 0 aliphatic rings. The van der Waals surface area contributed by atoms with Crippen LogP contribution in [0, 0.1) is 3.57 Å². The van der Waals surface area contributed by atoms with Crippen molar-refractivity contribution in [3.8, 4) is 0 Å². The van der Waals surface area contributed by atoms with Gasteiger partial charge in [0.15, 0.2) is 0 Å². The number of anilines is 1. The summed E-state index contributed by atoms with van der Waals surface area (Å²) in [4.78, 5) is 1.26. The standard InChI is InChI=1S/C7H8INS/c1-10-5-2-3-7(9)6(8)4-5/h2-4H,9H2,1H3. The van der Waals surface area contributed by atoms with Crippen LogP contribution >= 0.6 is 34.4 Å². The molecule has 0 aliphatic carbocycles. The molecule has 10 heavy (non-hydrogen) atoms. The van der Waals surface area contributed by atoms with Gasteiger partial charge >= 0.3 is 0 Å². The summed E-state index contributed by atoms with van der Waals surface area (Å²) in [6.07, 6.45) is 2.06. The highest BCUT2D eigenvalue weighted by atomic mass is 127. The van der Waals surface area contributed by atoms with Crippen LogP contribution in [0.3, 0.4) is 0 Å². The molecule has 0 fully saturated rings. The lowest BCUT2D eigenvalue weighted by Gasteiger charge is -1.99. The molecule has 0 bridgehead atoms. The Bertz CT molecular complexity index is 237. The van der Waals surface area contributed by atoms with Crippen LogP contribution in [-0.4, -0.2) is 6.26 Å². The highest BCUT2D eigenvalue weighted by Gasteiger charge is 1.94. The maximum Gasteiger partial charge on any atom is 0.0450 e. The molecule has 3 heteroatoms. The fourth-order valence-electron chi connectivity index (χ4n) is 0.635. The number of benzene rings is 1. The Kier molecular flexibility index (Phi) is 2.85. The van der Waals surface area contributed by atoms with E-state index in [0.717, 1.165) is 9.26 Å². The Labute approximate surface area is 78.5 Å². The number of hydrogen-bond donors (Lipinski definition) is 1. The second-order valence-corrected chi connectivity index (χ2v) is 3.93. The van der Waals surface area contributed by atoms with Crippen LogP contribution < -0.4 is 5.73 Å². The van der Waals surface area contributed by atoms with E-state index in [1.807, 2.05) is 12.1 Å². The molecule has 2 N–H and O–H groups in total. The van der Waals surface area contributed by atoms with Crippen LogP contribution in [0.5, 0.6) is 0 Å². The van der Waals surface area contributed by atoms with Crippen molar-refractivity contribution in [2.75, 3.05) is 12.0 Å². The summed E-state index contributed by atoms with van der Waals surface area (Å²) >= 11 is 3.97. The number of halogens is 1. The van der Waals surface area contributed by atoms with E-state index < -0.39 is 0 Å². The van der Waals surface area contributed by atoms with Crippen molar-refractivity contribution in [3.63, 3.8) is 0 Å². The highest BCUT2D eigenvalue weighted by Crippen LogP contribution is 2.21. The number of nitrogens with two attached hydrogens (primary N) is 1. The van der Waals surface area contributed by atoms with Crippen molar-refractivity contribution in [1.82, 2.24) is 0 Å². The Hall–Kier alpha value is 0.100. The monoisotopic (exact) mass is 265 g/mol. The second kappa shape index (κ2) is 3.48. The number of nitrogen functional groups attached to an aromatic ring is 1. The zero-order chi connectivity index (χ0) is 7.56. The molecule has 0 saturated carbocycles.